The van der Waals surface area contributed by atoms with Gasteiger partial charge in [0.05, 0.1) is 42.9 Å². The zero-order chi connectivity index (χ0) is 24.4. The number of aliphatic hydroxyl groups excluding tert-OH is 1. The van der Waals surface area contributed by atoms with Gasteiger partial charge in [-0.05, 0) is 30.7 Å². The molecule has 2 rings (SSSR count). The first kappa shape index (κ1) is 25.6. The summed E-state index contributed by atoms with van der Waals surface area (Å²) in [5.41, 5.74) is 0.899. The summed E-state index contributed by atoms with van der Waals surface area (Å²) < 4.78 is 43.8. The molecule has 0 heterocycles. The van der Waals surface area contributed by atoms with Crippen LogP contribution in [-0.2, 0) is 14.5 Å². The van der Waals surface area contributed by atoms with Crippen molar-refractivity contribution in [1.82, 2.24) is 10.8 Å². The van der Waals surface area contributed by atoms with Crippen molar-refractivity contribution in [3.63, 3.8) is 0 Å². The van der Waals surface area contributed by atoms with Crippen LogP contribution in [0.1, 0.15) is 28.4 Å². The van der Waals surface area contributed by atoms with Crippen LogP contribution in [0.5, 0.6) is 0 Å². The number of hydrogen-bond donors (Lipinski definition) is 4. The molecule has 0 radical (unpaired) electrons. The molecule has 0 aliphatic carbocycles. The summed E-state index contributed by atoms with van der Waals surface area (Å²) in [6.45, 7) is 2.43. The summed E-state index contributed by atoms with van der Waals surface area (Å²) >= 11 is 0. The van der Waals surface area contributed by atoms with E-state index in [-0.39, 0.29) is 31.4 Å². The van der Waals surface area contributed by atoms with Crippen LogP contribution < -0.4 is 16.1 Å². The highest BCUT2D eigenvalue weighted by atomic mass is 19.2. The van der Waals surface area contributed by atoms with E-state index in [1.54, 1.807) is 13.0 Å². The molecular formula is C21H23F3N4O5. The van der Waals surface area contributed by atoms with E-state index < -0.39 is 46.8 Å². The molecular weight excluding hydrogens is 445 g/mol. The van der Waals surface area contributed by atoms with Gasteiger partial charge in [0, 0.05) is 12.5 Å². The Morgan fingerprint density at radius 3 is 2.58 bits per heavy atom. The summed E-state index contributed by atoms with van der Waals surface area (Å²) in [5.74, 6) is -4.84. The Labute approximate surface area is 187 Å². The maximum Gasteiger partial charge on any atom is 0.277 e. The van der Waals surface area contributed by atoms with Crippen LogP contribution in [0, 0.1) is 24.4 Å². The van der Waals surface area contributed by atoms with E-state index in [2.05, 4.69) is 15.8 Å². The highest BCUT2D eigenvalue weighted by Crippen LogP contribution is 2.30. The van der Waals surface area contributed by atoms with Gasteiger partial charge in [0.2, 0.25) is 5.91 Å². The summed E-state index contributed by atoms with van der Waals surface area (Å²) in [7, 11) is 0. The number of rotatable bonds is 11. The fourth-order valence-electron chi connectivity index (χ4n) is 2.53. The quantitative estimate of drug-likeness (QED) is 0.228. The number of carbonyl (C=O) groups excluding carboxylic acids is 2. The van der Waals surface area contributed by atoms with Crippen molar-refractivity contribution < 1.29 is 37.5 Å². The number of hydroxylamine groups is 1. The standard InChI is InChI=1S/C21H23F3N4O5/c1-12-3-4-17(16(22)9-12)27-20-15(21(31)28-33-8-6-29)10-14(18(23)19(20)24)11-26-32-7-5-25-13(2)30/h3-4,9-11,27,29H,5-8H2,1-2H3,(H,25,30)(H,28,31)/b26-11+. The number of amides is 2. The number of nitrogens with zero attached hydrogens (tertiary/aromatic N) is 1. The van der Waals surface area contributed by atoms with Gasteiger partial charge in [-0.25, -0.2) is 18.7 Å². The van der Waals surface area contributed by atoms with E-state index in [4.69, 9.17) is 14.8 Å². The monoisotopic (exact) mass is 468 g/mol. The molecule has 0 atom stereocenters. The summed E-state index contributed by atoms with van der Waals surface area (Å²) in [6.07, 6.45) is 0.841. The fraction of sp³-hybridized carbons (Fsp3) is 0.286. The molecule has 178 valence electrons. The lowest BCUT2D eigenvalue weighted by atomic mass is 10.1. The molecule has 0 spiro atoms. The van der Waals surface area contributed by atoms with E-state index in [0.717, 1.165) is 12.3 Å². The second-order valence-corrected chi connectivity index (χ2v) is 6.68. The molecule has 0 aliphatic heterocycles. The van der Waals surface area contributed by atoms with Crippen molar-refractivity contribution in [2.75, 3.05) is 31.7 Å². The minimum absolute atomic E-state index is 0.0329. The van der Waals surface area contributed by atoms with Crippen LogP contribution in [0.15, 0.2) is 29.4 Å². The van der Waals surface area contributed by atoms with E-state index >= 15 is 0 Å². The average Bonchev–Trinajstić information content (AvgIpc) is 2.76. The van der Waals surface area contributed by atoms with E-state index in [9.17, 15) is 22.8 Å². The van der Waals surface area contributed by atoms with Crippen LogP contribution in [0.4, 0.5) is 24.5 Å². The third-order valence-corrected chi connectivity index (χ3v) is 4.06. The van der Waals surface area contributed by atoms with Crippen LogP contribution >= 0.6 is 0 Å². The highest BCUT2D eigenvalue weighted by molar-refractivity contribution is 6.01. The molecule has 0 aromatic heterocycles. The van der Waals surface area contributed by atoms with Crippen LogP contribution in [0.3, 0.4) is 0 Å². The molecule has 0 unspecified atom stereocenters. The van der Waals surface area contributed by atoms with Crippen LogP contribution in [0.25, 0.3) is 0 Å². The number of aliphatic hydroxyl groups is 1. The summed E-state index contributed by atoms with van der Waals surface area (Å²) in [5, 5.41) is 17.1. The topological polar surface area (TPSA) is 121 Å². The maximum absolute atomic E-state index is 14.9. The molecule has 0 bridgehead atoms. The van der Waals surface area contributed by atoms with Gasteiger partial charge in [-0.3, -0.25) is 14.4 Å². The highest BCUT2D eigenvalue weighted by Gasteiger charge is 2.23. The summed E-state index contributed by atoms with van der Waals surface area (Å²) in [4.78, 5) is 32.9. The molecule has 9 nitrogen and oxygen atoms in total. The Kier molecular flexibility index (Phi) is 9.63. The maximum atomic E-state index is 14.9. The molecule has 33 heavy (non-hydrogen) atoms. The zero-order valence-electron chi connectivity index (χ0n) is 17.9. The normalized spacial score (nSPS) is 10.8. The van der Waals surface area contributed by atoms with Gasteiger partial charge in [0.25, 0.3) is 5.91 Å². The Bertz CT molecular complexity index is 1030. The molecule has 2 amide bonds. The van der Waals surface area contributed by atoms with Gasteiger partial charge < -0.3 is 20.6 Å². The van der Waals surface area contributed by atoms with Gasteiger partial charge in [-0.2, -0.15) is 0 Å². The number of anilines is 2. The predicted octanol–water partition coefficient (Wildman–Crippen LogP) is 2.30. The van der Waals surface area contributed by atoms with E-state index in [1.807, 2.05) is 5.48 Å². The molecule has 0 saturated heterocycles. The van der Waals surface area contributed by atoms with E-state index in [0.29, 0.717) is 5.56 Å². The van der Waals surface area contributed by atoms with Crippen LogP contribution in [-0.4, -0.2) is 49.5 Å². The molecule has 0 saturated carbocycles. The van der Waals surface area contributed by atoms with Crippen LogP contribution in [0.2, 0.25) is 0 Å². The minimum atomic E-state index is -1.47. The lowest BCUT2D eigenvalue weighted by Crippen LogP contribution is -2.26. The van der Waals surface area contributed by atoms with Crippen molar-refractivity contribution >= 4 is 29.4 Å². The molecule has 2 aromatic rings. The van der Waals surface area contributed by atoms with Gasteiger partial charge in [0.15, 0.2) is 11.6 Å². The lowest BCUT2D eigenvalue weighted by molar-refractivity contribution is -0.119. The minimum Gasteiger partial charge on any atom is -0.394 e. The molecule has 2 aromatic carbocycles. The van der Waals surface area contributed by atoms with Crippen molar-refractivity contribution in [1.29, 1.82) is 0 Å². The van der Waals surface area contributed by atoms with Gasteiger partial charge >= 0.3 is 0 Å². The third kappa shape index (κ3) is 7.47. The number of benzene rings is 2. The first-order valence-corrected chi connectivity index (χ1v) is 9.72. The Hall–Kier alpha value is -3.64. The Balaban J connectivity index is 2.35. The zero-order valence-corrected chi connectivity index (χ0v) is 17.9. The number of carbonyl (C=O) groups is 2. The number of hydrogen-bond acceptors (Lipinski definition) is 7. The number of halogens is 3. The van der Waals surface area contributed by atoms with Gasteiger partial charge in [-0.15, -0.1) is 0 Å². The average molecular weight is 468 g/mol. The second kappa shape index (κ2) is 12.4. The fourth-order valence-corrected chi connectivity index (χ4v) is 2.53. The molecule has 12 heteroatoms. The number of nitrogens with one attached hydrogen (secondary N) is 3. The Morgan fingerprint density at radius 1 is 1.15 bits per heavy atom. The summed E-state index contributed by atoms with van der Waals surface area (Å²) in [6, 6.07) is 5.00. The first-order chi connectivity index (χ1) is 15.7. The van der Waals surface area contributed by atoms with Crippen molar-refractivity contribution in [3.8, 4) is 0 Å². The van der Waals surface area contributed by atoms with Gasteiger partial charge in [0.1, 0.15) is 12.4 Å². The molecule has 0 fully saturated rings. The first-order valence-electron chi connectivity index (χ1n) is 9.72. The lowest BCUT2D eigenvalue weighted by Gasteiger charge is -2.15. The molecule has 4 N–H and O–H groups in total. The Morgan fingerprint density at radius 2 is 1.91 bits per heavy atom. The van der Waals surface area contributed by atoms with Crippen molar-refractivity contribution in [3.05, 3.63) is 58.4 Å². The van der Waals surface area contributed by atoms with Gasteiger partial charge in [-0.1, -0.05) is 11.2 Å². The largest absolute Gasteiger partial charge is 0.394 e. The van der Waals surface area contributed by atoms with Crippen molar-refractivity contribution in [2.45, 2.75) is 13.8 Å². The SMILES string of the molecule is CC(=O)NCCO/N=C/c1cc(C(=O)NOCCO)c(Nc2ccc(C)cc2F)c(F)c1F. The smallest absolute Gasteiger partial charge is 0.277 e. The number of oxime groups is 1. The second-order valence-electron chi connectivity index (χ2n) is 6.68. The predicted molar refractivity (Wildman–Crippen MR) is 114 cm³/mol. The number of aryl methyl sites for hydroxylation is 1. The van der Waals surface area contributed by atoms with E-state index in [1.165, 1.54) is 19.1 Å². The molecule has 0 aliphatic rings. The van der Waals surface area contributed by atoms with Crippen molar-refractivity contribution in [2.24, 2.45) is 5.16 Å². The third-order valence-electron chi connectivity index (χ3n) is 4.06.